The second-order valence-corrected chi connectivity index (χ2v) is 5.11. The van der Waals surface area contributed by atoms with Crippen LogP contribution < -0.4 is 14.8 Å². The number of hydrogen-bond acceptors (Lipinski definition) is 5. The number of benzene rings is 2. The van der Waals surface area contributed by atoms with Crippen molar-refractivity contribution in [1.29, 1.82) is 0 Å². The summed E-state index contributed by atoms with van der Waals surface area (Å²) in [5.41, 5.74) is 1.45. The summed E-state index contributed by atoms with van der Waals surface area (Å²) in [6.45, 7) is 1.60. The Morgan fingerprint density at radius 3 is 2.58 bits per heavy atom. The average Bonchev–Trinajstić information content (AvgIpc) is 2.56. The van der Waals surface area contributed by atoms with Gasteiger partial charge in [0, 0.05) is 11.6 Å². The summed E-state index contributed by atoms with van der Waals surface area (Å²) in [4.78, 5) is 22.8. The number of ether oxygens (including phenoxy) is 2. The van der Waals surface area contributed by atoms with Crippen molar-refractivity contribution in [2.75, 3.05) is 19.5 Å². The lowest BCUT2D eigenvalue weighted by Gasteiger charge is -2.12. The van der Waals surface area contributed by atoms with E-state index >= 15 is 0 Å². The molecule has 0 aliphatic carbocycles. The maximum Gasteiger partial charge on any atom is 0.274 e. The highest BCUT2D eigenvalue weighted by Crippen LogP contribution is 2.27. The Hall–Kier alpha value is -3.09. The molecule has 0 aromatic heterocycles. The van der Waals surface area contributed by atoms with Crippen molar-refractivity contribution in [3.8, 4) is 11.5 Å². The SMILES string of the molecule is COc1ccc(OC)c(CC(=O)Nc2cccc([N+](=O)[O-])c2C)c1. The lowest BCUT2D eigenvalue weighted by atomic mass is 10.1. The maximum absolute atomic E-state index is 12.3. The highest BCUT2D eigenvalue weighted by Gasteiger charge is 2.16. The molecule has 126 valence electrons. The van der Waals surface area contributed by atoms with E-state index in [-0.39, 0.29) is 18.0 Å². The van der Waals surface area contributed by atoms with E-state index in [1.54, 1.807) is 31.2 Å². The Bertz CT molecular complexity index is 774. The van der Waals surface area contributed by atoms with E-state index in [2.05, 4.69) is 5.32 Å². The van der Waals surface area contributed by atoms with Gasteiger partial charge in [-0.15, -0.1) is 0 Å². The summed E-state index contributed by atoms with van der Waals surface area (Å²) in [5.74, 6) is 0.886. The van der Waals surface area contributed by atoms with E-state index < -0.39 is 4.92 Å². The number of nitrogens with one attached hydrogen (secondary N) is 1. The highest BCUT2D eigenvalue weighted by molar-refractivity contribution is 5.93. The zero-order chi connectivity index (χ0) is 17.7. The number of nitro groups is 1. The number of nitrogens with zero attached hydrogens (tertiary/aromatic N) is 1. The van der Waals surface area contributed by atoms with Crippen molar-refractivity contribution in [2.24, 2.45) is 0 Å². The van der Waals surface area contributed by atoms with Gasteiger partial charge in [-0.25, -0.2) is 0 Å². The van der Waals surface area contributed by atoms with Crippen LogP contribution in [0.5, 0.6) is 11.5 Å². The van der Waals surface area contributed by atoms with Gasteiger partial charge < -0.3 is 14.8 Å². The molecule has 0 heterocycles. The Balaban J connectivity index is 2.20. The Morgan fingerprint density at radius 1 is 1.21 bits per heavy atom. The fourth-order valence-corrected chi connectivity index (χ4v) is 2.34. The molecule has 0 saturated heterocycles. The monoisotopic (exact) mass is 330 g/mol. The van der Waals surface area contributed by atoms with Gasteiger partial charge in [0.05, 0.1) is 36.8 Å². The van der Waals surface area contributed by atoms with E-state index in [1.165, 1.54) is 26.4 Å². The largest absolute Gasteiger partial charge is 0.497 e. The zero-order valence-electron chi connectivity index (χ0n) is 13.7. The molecule has 0 bridgehead atoms. The van der Waals surface area contributed by atoms with E-state index in [1.807, 2.05) is 0 Å². The molecule has 0 unspecified atom stereocenters. The fourth-order valence-electron chi connectivity index (χ4n) is 2.34. The summed E-state index contributed by atoms with van der Waals surface area (Å²) in [5, 5.41) is 13.7. The van der Waals surface area contributed by atoms with Crippen molar-refractivity contribution in [1.82, 2.24) is 0 Å². The minimum atomic E-state index is -0.476. The number of methoxy groups -OCH3 is 2. The fraction of sp³-hybridized carbons (Fsp3) is 0.235. The van der Waals surface area contributed by atoms with Gasteiger partial charge in [0.2, 0.25) is 5.91 Å². The van der Waals surface area contributed by atoms with Gasteiger partial charge in [0.25, 0.3) is 5.69 Å². The van der Waals surface area contributed by atoms with Crippen LogP contribution >= 0.6 is 0 Å². The van der Waals surface area contributed by atoms with Crippen molar-refractivity contribution in [3.63, 3.8) is 0 Å². The first-order valence-electron chi connectivity index (χ1n) is 7.21. The van der Waals surface area contributed by atoms with Gasteiger partial charge in [-0.2, -0.15) is 0 Å². The molecule has 7 nitrogen and oxygen atoms in total. The first-order valence-corrected chi connectivity index (χ1v) is 7.21. The molecule has 2 aromatic rings. The van der Waals surface area contributed by atoms with E-state index in [0.717, 1.165) is 0 Å². The molecule has 0 fully saturated rings. The van der Waals surface area contributed by atoms with Crippen LogP contribution in [-0.2, 0) is 11.2 Å². The van der Waals surface area contributed by atoms with E-state index in [9.17, 15) is 14.9 Å². The molecular weight excluding hydrogens is 312 g/mol. The van der Waals surface area contributed by atoms with Gasteiger partial charge >= 0.3 is 0 Å². The van der Waals surface area contributed by atoms with E-state index in [4.69, 9.17) is 9.47 Å². The molecule has 0 aliphatic heterocycles. The van der Waals surface area contributed by atoms with Crippen LogP contribution in [0.15, 0.2) is 36.4 Å². The minimum absolute atomic E-state index is 0.0354. The number of carbonyl (C=O) groups excluding carboxylic acids is 1. The quantitative estimate of drug-likeness (QED) is 0.649. The molecule has 0 atom stereocenters. The molecule has 1 amide bonds. The van der Waals surface area contributed by atoms with Crippen LogP contribution in [0.25, 0.3) is 0 Å². The van der Waals surface area contributed by atoms with Crippen LogP contribution in [-0.4, -0.2) is 25.1 Å². The first kappa shape index (κ1) is 17.3. The van der Waals surface area contributed by atoms with E-state index in [0.29, 0.717) is 28.3 Å². The lowest BCUT2D eigenvalue weighted by Crippen LogP contribution is -2.16. The molecule has 0 aliphatic rings. The molecule has 7 heteroatoms. The van der Waals surface area contributed by atoms with Gasteiger partial charge in [-0.05, 0) is 31.2 Å². The second kappa shape index (κ2) is 7.45. The first-order chi connectivity index (χ1) is 11.5. The van der Waals surface area contributed by atoms with Gasteiger partial charge in [-0.1, -0.05) is 6.07 Å². The molecule has 1 N–H and O–H groups in total. The number of carbonyl (C=O) groups is 1. The summed E-state index contributed by atoms with van der Waals surface area (Å²) in [7, 11) is 3.06. The highest BCUT2D eigenvalue weighted by atomic mass is 16.6. The summed E-state index contributed by atoms with van der Waals surface area (Å²) < 4.78 is 10.4. The lowest BCUT2D eigenvalue weighted by molar-refractivity contribution is -0.385. The number of anilines is 1. The average molecular weight is 330 g/mol. The number of nitro benzene ring substituents is 1. The van der Waals surface area contributed by atoms with Crippen molar-refractivity contribution in [3.05, 3.63) is 57.6 Å². The Morgan fingerprint density at radius 2 is 1.96 bits per heavy atom. The number of amides is 1. The van der Waals surface area contributed by atoms with Crippen LogP contribution in [0.2, 0.25) is 0 Å². The normalized spacial score (nSPS) is 10.1. The Labute approximate surface area is 139 Å². The van der Waals surface area contributed by atoms with Crippen LogP contribution in [0.4, 0.5) is 11.4 Å². The van der Waals surface area contributed by atoms with Gasteiger partial charge in [0.15, 0.2) is 0 Å². The number of hydrogen-bond donors (Lipinski definition) is 1. The molecule has 24 heavy (non-hydrogen) atoms. The predicted molar refractivity (Wildman–Crippen MR) is 89.7 cm³/mol. The minimum Gasteiger partial charge on any atom is -0.497 e. The van der Waals surface area contributed by atoms with Crippen molar-refractivity contribution in [2.45, 2.75) is 13.3 Å². The molecular formula is C17H18N2O5. The third-order valence-corrected chi connectivity index (χ3v) is 3.61. The topological polar surface area (TPSA) is 90.7 Å². The molecule has 0 saturated carbocycles. The van der Waals surface area contributed by atoms with Gasteiger partial charge in [0.1, 0.15) is 11.5 Å². The molecule has 0 spiro atoms. The Kier molecular flexibility index (Phi) is 5.36. The summed E-state index contributed by atoms with van der Waals surface area (Å²) >= 11 is 0. The standard InChI is InChI=1S/C17H18N2O5/c1-11-14(5-4-6-15(11)19(21)22)18-17(20)10-12-9-13(23-2)7-8-16(12)24-3/h4-9H,10H2,1-3H3,(H,18,20). The van der Waals surface area contributed by atoms with Gasteiger partial charge in [-0.3, -0.25) is 14.9 Å². The predicted octanol–water partition coefficient (Wildman–Crippen LogP) is 3.10. The number of rotatable bonds is 6. The molecule has 2 aromatic carbocycles. The second-order valence-electron chi connectivity index (χ2n) is 5.11. The van der Waals surface area contributed by atoms with Crippen LogP contribution in [0, 0.1) is 17.0 Å². The zero-order valence-corrected chi connectivity index (χ0v) is 13.7. The van der Waals surface area contributed by atoms with Crippen LogP contribution in [0.3, 0.4) is 0 Å². The van der Waals surface area contributed by atoms with Crippen molar-refractivity contribution >= 4 is 17.3 Å². The third kappa shape index (κ3) is 3.81. The summed E-state index contributed by atoms with van der Waals surface area (Å²) in [6, 6.07) is 9.75. The molecule has 2 rings (SSSR count). The smallest absolute Gasteiger partial charge is 0.274 e. The maximum atomic E-state index is 12.3. The van der Waals surface area contributed by atoms with Crippen LogP contribution in [0.1, 0.15) is 11.1 Å². The third-order valence-electron chi connectivity index (χ3n) is 3.61. The van der Waals surface area contributed by atoms with Crippen molar-refractivity contribution < 1.29 is 19.2 Å². The molecule has 0 radical (unpaired) electrons. The summed E-state index contributed by atoms with van der Waals surface area (Å²) in [6.07, 6.45) is 0.0580.